The minimum absolute atomic E-state index is 0.233. The number of carbonyl (C=O) groups excluding carboxylic acids is 1. The van der Waals surface area contributed by atoms with Crippen molar-refractivity contribution in [2.45, 2.75) is 37.6 Å². The molecule has 21 heavy (non-hydrogen) atoms. The van der Waals surface area contributed by atoms with Crippen LogP contribution in [0.5, 0.6) is 0 Å². The fourth-order valence-corrected chi connectivity index (χ4v) is 4.42. The van der Waals surface area contributed by atoms with E-state index in [2.05, 4.69) is 11.4 Å². The second kappa shape index (κ2) is 5.72. The molecule has 1 aromatic carbocycles. The summed E-state index contributed by atoms with van der Waals surface area (Å²) >= 11 is 1.74. The van der Waals surface area contributed by atoms with Gasteiger partial charge < -0.3 is 10.4 Å². The van der Waals surface area contributed by atoms with Crippen LogP contribution in [0.15, 0.2) is 18.2 Å². The Kier molecular flexibility index (Phi) is 3.93. The molecular weight excluding hydrogens is 286 g/mol. The van der Waals surface area contributed by atoms with Crippen LogP contribution >= 0.6 is 11.8 Å². The SMILES string of the molecule is O=C(NC1(C(=O)O)CCSCC1)c1cccc2c1CCC2. The number of benzene rings is 1. The molecule has 2 N–H and O–H groups in total. The van der Waals surface area contributed by atoms with Crippen molar-refractivity contribution in [2.75, 3.05) is 11.5 Å². The number of amides is 1. The minimum Gasteiger partial charge on any atom is -0.480 e. The first-order chi connectivity index (χ1) is 10.1. The van der Waals surface area contributed by atoms with E-state index in [0.29, 0.717) is 18.4 Å². The predicted octanol–water partition coefficient (Wildman–Crippen LogP) is 2.26. The van der Waals surface area contributed by atoms with Crippen molar-refractivity contribution in [3.05, 3.63) is 34.9 Å². The smallest absolute Gasteiger partial charge is 0.329 e. The molecule has 0 aromatic heterocycles. The number of hydrogen-bond acceptors (Lipinski definition) is 3. The van der Waals surface area contributed by atoms with Crippen LogP contribution in [0.3, 0.4) is 0 Å². The third-order valence-corrected chi connectivity index (χ3v) is 5.48. The molecule has 1 saturated heterocycles. The highest BCUT2D eigenvalue weighted by atomic mass is 32.2. The Morgan fingerprint density at radius 2 is 1.95 bits per heavy atom. The van der Waals surface area contributed by atoms with E-state index in [0.717, 1.165) is 36.3 Å². The summed E-state index contributed by atoms with van der Waals surface area (Å²) < 4.78 is 0. The molecule has 1 amide bonds. The van der Waals surface area contributed by atoms with E-state index in [1.54, 1.807) is 11.8 Å². The van der Waals surface area contributed by atoms with Gasteiger partial charge in [-0.15, -0.1) is 0 Å². The molecule has 1 aliphatic heterocycles. The highest BCUT2D eigenvalue weighted by Crippen LogP contribution is 2.29. The van der Waals surface area contributed by atoms with Crippen LogP contribution in [0, 0.1) is 0 Å². The third kappa shape index (κ3) is 2.67. The third-order valence-electron chi connectivity index (χ3n) is 4.50. The molecule has 1 heterocycles. The van der Waals surface area contributed by atoms with Gasteiger partial charge in [0.25, 0.3) is 5.91 Å². The lowest BCUT2D eigenvalue weighted by Gasteiger charge is -2.33. The van der Waals surface area contributed by atoms with Crippen molar-refractivity contribution in [3.63, 3.8) is 0 Å². The molecule has 4 nitrogen and oxygen atoms in total. The second-order valence-electron chi connectivity index (χ2n) is 5.75. The summed E-state index contributed by atoms with van der Waals surface area (Å²) in [6.07, 6.45) is 3.98. The van der Waals surface area contributed by atoms with Crippen LogP contribution in [0.25, 0.3) is 0 Å². The lowest BCUT2D eigenvalue weighted by Crippen LogP contribution is -2.56. The van der Waals surface area contributed by atoms with E-state index in [1.807, 2.05) is 12.1 Å². The molecule has 1 aromatic rings. The van der Waals surface area contributed by atoms with Crippen molar-refractivity contribution in [1.82, 2.24) is 5.32 Å². The Morgan fingerprint density at radius 3 is 2.67 bits per heavy atom. The Hall–Kier alpha value is -1.49. The zero-order valence-electron chi connectivity index (χ0n) is 11.9. The number of nitrogens with one attached hydrogen (secondary N) is 1. The normalized spacial score (nSPS) is 19.8. The monoisotopic (exact) mass is 305 g/mol. The molecule has 2 aliphatic rings. The maximum Gasteiger partial charge on any atom is 0.329 e. The van der Waals surface area contributed by atoms with Crippen molar-refractivity contribution in [1.29, 1.82) is 0 Å². The number of fused-ring (bicyclic) bond motifs is 1. The Balaban J connectivity index is 1.85. The Bertz CT molecular complexity index is 579. The van der Waals surface area contributed by atoms with Gasteiger partial charge in [-0.05, 0) is 60.8 Å². The molecule has 0 saturated carbocycles. The van der Waals surface area contributed by atoms with E-state index in [4.69, 9.17) is 0 Å². The summed E-state index contributed by atoms with van der Waals surface area (Å²) in [6.45, 7) is 0. The first kappa shape index (κ1) is 14.4. The average molecular weight is 305 g/mol. The number of carboxylic acid groups (broad SMARTS) is 1. The van der Waals surface area contributed by atoms with E-state index >= 15 is 0 Å². The number of aryl methyl sites for hydroxylation is 1. The van der Waals surface area contributed by atoms with E-state index in [9.17, 15) is 14.7 Å². The highest BCUT2D eigenvalue weighted by Gasteiger charge is 2.41. The van der Waals surface area contributed by atoms with Crippen LogP contribution in [-0.2, 0) is 17.6 Å². The summed E-state index contributed by atoms with van der Waals surface area (Å²) in [5.74, 6) is 0.408. The molecule has 0 unspecified atom stereocenters. The van der Waals surface area contributed by atoms with Gasteiger partial charge in [-0.3, -0.25) is 4.79 Å². The lowest BCUT2D eigenvalue weighted by atomic mass is 9.91. The van der Waals surface area contributed by atoms with E-state index < -0.39 is 11.5 Å². The fourth-order valence-electron chi connectivity index (χ4n) is 3.23. The van der Waals surface area contributed by atoms with Crippen molar-refractivity contribution in [2.24, 2.45) is 0 Å². The minimum atomic E-state index is -1.09. The Labute approximate surface area is 128 Å². The second-order valence-corrected chi connectivity index (χ2v) is 6.98. The van der Waals surface area contributed by atoms with Gasteiger partial charge in [0.2, 0.25) is 0 Å². The van der Waals surface area contributed by atoms with E-state index in [-0.39, 0.29) is 5.91 Å². The van der Waals surface area contributed by atoms with Gasteiger partial charge in [-0.1, -0.05) is 12.1 Å². The zero-order valence-corrected chi connectivity index (χ0v) is 12.7. The van der Waals surface area contributed by atoms with E-state index in [1.165, 1.54) is 5.56 Å². The highest BCUT2D eigenvalue weighted by molar-refractivity contribution is 7.99. The molecule has 0 radical (unpaired) electrons. The summed E-state index contributed by atoms with van der Waals surface area (Å²) in [7, 11) is 0. The molecular formula is C16H19NO3S. The summed E-state index contributed by atoms with van der Waals surface area (Å²) in [4.78, 5) is 24.3. The number of aliphatic carboxylic acids is 1. The number of carboxylic acids is 1. The van der Waals surface area contributed by atoms with Crippen LogP contribution in [0.1, 0.15) is 40.7 Å². The molecule has 0 spiro atoms. The number of rotatable bonds is 3. The topological polar surface area (TPSA) is 66.4 Å². The van der Waals surface area contributed by atoms with Crippen molar-refractivity contribution in [3.8, 4) is 0 Å². The van der Waals surface area contributed by atoms with Gasteiger partial charge in [-0.2, -0.15) is 11.8 Å². The maximum absolute atomic E-state index is 12.6. The predicted molar refractivity (Wildman–Crippen MR) is 82.9 cm³/mol. The van der Waals surface area contributed by atoms with Crippen LogP contribution in [0.2, 0.25) is 0 Å². The van der Waals surface area contributed by atoms with Crippen molar-refractivity contribution >= 4 is 23.6 Å². The standard InChI is InChI=1S/C16H19NO3S/c18-14(13-6-2-4-11-3-1-5-12(11)13)17-16(15(19)20)7-9-21-10-8-16/h2,4,6H,1,3,5,7-10H2,(H,17,18)(H,19,20). The molecule has 1 fully saturated rings. The van der Waals surface area contributed by atoms with Gasteiger partial charge in [-0.25, -0.2) is 4.79 Å². The molecule has 112 valence electrons. The summed E-state index contributed by atoms with van der Waals surface area (Å²) in [5.41, 5.74) is 1.89. The molecule has 1 aliphatic carbocycles. The average Bonchev–Trinajstić information content (AvgIpc) is 2.96. The quantitative estimate of drug-likeness (QED) is 0.899. The van der Waals surface area contributed by atoms with Crippen LogP contribution in [-0.4, -0.2) is 34.0 Å². The van der Waals surface area contributed by atoms with Crippen molar-refractivity contribution < 1.29 is 14.7 Å². The van der Waals surface area contributed by atoms with Gasteiger partial charge >= 0.3 is 5.97 Å². The fraction of sp³-hybridized carbons (Fsp3) is 0.500. The Morgan fingerprint density at radius 1 is 1.19 bits per heavy atom. The molecule has 0 atom stereocenters. The number of hydrogen-bond donors (Lipinski definition) is 2. The zero-order chi connectivity index (χ0) is 14.9. The van der Waals surface area contributed by atoms with Gasteiger partial charge in [0.05, 0.1) is 0 Å². The largest absolute Gasteiger partial charge is 0.480 e. The molecule has 0 bridgehead atoms. The van der Waals surface area contributed by atoms with Gasteiger partial charge in [0, 0.05) is 5.56 Å². The molecule has 3 rings (SSSR count). The lowest BCUT2D eigenvalue weighted by molar-refractivity contribution is -0.144. The number of carbonyl (C=O) groups is 2. The van der Waals surface area contributed by atoms with Gasteiger partial charge in [0.15, 0.2) is 0 Å². The molecule has 5 heteroatoms. The maximum atomic E-state index is 12.6. The summed E-state index contributed by atoms with van der Waals surface area (Å²) in [5, 5.41) is 12.4. The van der Waals surface area contributed by atoms with Crippen LogP contribution in [0.4, 0.5) is 0 Å². The van der Waals surface area contributed by atoms with Crippen LogP contribution < -0.4 is 5.32 Å². The first-order valence-corrected chi connectivity index (χ1v) is 8.52. The first-order valence-electron chi connectivity index (χ1n) is 7.37. The van der Waals surface area contributed by atoms with Gasteiger partial charge in [0.1, 0.15) is 5.54 Å². The summed E-state index contributed by atoms with van der Waals surface area (Å²) in [6, 6.07) is 5.76. The number of thioether (sulfide) groups is 1.